The molecule has 2 heterocycles. The van der Waals surface area contributed by atoms with Crippen LogP contribution >= 0.6 is 27.3 Å². The van der Waals surface area contributed by atoms with E-state index < -0.39 is 0 Å². The van der Waals surface area contributed by atoms with E-state index in [9.17, 15) is 4.79 Å². The van der Waals surface area contributed by atoms with Gasteiger partial charge in [0.2, 0.25) is 5.91 Å². The van der Waals surface area contributed by atoms with Gasteiger partial charge in [-0.2, -0.15) is 0 Å². The number of aromatic nitrogens is 1. The Morgan fingerprint density at radius 2 is 2.33 bits per heavy atom. The Balaban J connectivity index is 1.82. The lowest BCUT2D eigenvalue weighted by molar-refractivity contribution is -0.117. The maximum absolute atomic E-state index is 11.6. The highest BCUT2D eigenvalue weighted by Crippen LogP contribution is 2.41. The van der Waals surface area contributed by atoms with Gasteiger partial charge in [0, 0.05) is 29.1 Å². The smallest absolute Gasteiger partial charge is 0.230 e. The number of amides is 1. The summed E-state index contributed by atoms with van der Waals surface area (Å²) in [6, 6.07) is 0. The number of rotatable bonds is 2. The molecule has 3 rings (SSSR count). The zero-order valence-corrected chi connectivity index (χ0v) is 10.6. The summed E-state index contributed by atoms with van der Waals surface area (Å²) in [4.78, 5) is 18.3. The van der Waals surface area contributed by atoms with Gasteiger partial charge in [0.1, 0.15) is 0 Å². The van der Waals surface area contributed by atoms with E-state index in [1.807, 2.05) is 0 Å². The molecule has 0 aromatic carbocycles. The quantitative estimate of drug-likeness (QED) is 0.783. The van der Waals surface area contributed by atoms with Crippen molar-refractivity contribution in [1.29, 1.82) is 0 Å². The topological polar surface area (TPSA) is 33.2 Å². The van der Waals surface area contributed by atoms with Gasteiger partial charge in [-0.15, -0.1) is 11.3 Å². The maximum atomic E-state index is 11.6. The number of carbonyl (C=O) groups excluding carboxylic acids is 1. The first kappa shape index (κ1) is 9.78. The van der Waals surface area contributed by atoms with Crippen LogP contribution in [0.2, 0.25) is 0 Å². The molecular weight excluding hydrogens is 276 g/mol. The van der Waals surface area contributed by atoms with E-state index in [1.54, 1.807) is 16.2 Å². The highest BCUT2D eigenvalue weighted by Gasteiger charge is 2.32. The molecule has 80 valence electrons. The Morgan fingerprint density at radius 1 is 1.53 bits per heavy atom. The Bertz CT molecular complexity index is 402. The molecular formula is C10H11BrN2OS. The van der Waals surface area contributed by atoms with Crippen molar-refractivity contribution in [1.82, 2.24) is 4.98 Å². The molecule has 1 aliphatic carbocycles. The summed E-state index contributed by atoms with van der Waals surface area (Å²) in [6.07, 6.45) is 3.12. The fourth-order valence-corrected chi connectivity index (χ4v) is 3.32. The first-order valence-electron chi connectivity index (χ1n) is 5.14. The van der Waals surface area contributed by atoms with Crippen LogP contribution in [0.15, 0.2) is 5.38 Å². The van der Waals surface area contributed by atoms with Crippen molar-refractivity contribution >= 4 is 38.3 Å². The minimum absolute atomic E-state index is 0.188. The Kier molecular flexibility index (Phi) is 2.32. The van der Waals surface area contributed by atoms with Crippen LogP contribution in [0, 0.1) is 0 Å². The average molecular weight is 287 g/mol. The maximum Gasteiger partial charge on any atom is 0.230 e. The summed E-state index contributed by atoms with van der Waals surface area (Å²) < 4.78 is 0. The summed E-state index contributed by atoms with van der Waals surface area (Å²) >= 11 is 5.07. The molecule has 2 aliphatic rings. The molecule has 1 saturated heterocycles. The number of hydrogen-bond acceptors (Lipinski definition) is 3. The van der Waals surface area contributed by atoms with E-state index in [4.69, 9.17) is 0 Å². The number of anilines is 1. The predicted molar refractivity (Wildman–Crippen MR) is 63.8 cm³/mol. The summed E-state index contributed by atoms with van der Waals surface area (Å²) in [5.74, 6) is 0.862. The summed E-state index contributed by atoms with van der Waals surface area (Å²) in [7, 11) is 0. The lowest BCUT2D eigenvalue weighted by Crippen LogP contribution is -2.24. The van der Waals surface area contributed by atoms with Crippen molar-refractivity contribution in [2.45, 2.75) is 30.0 Å². The molecule has 3 nitrogen and oxygen atoms in total. The van der Waals surface area contributed by atoms with Crippen molar-refractivity contribution in [2.75, 3.05) is 11.4 Å². The molecule has 0 N–H and O–H groups in total. The number of hydrogen-bond donors (Lipinski definition) is 0. The molecule has 15 heavy (non-hydrogen) atoms. The lowest BCUT2D eigenvalue weighted by atomic mass is 10.3. The van der Waals surface area contributed by atoms with Crippen molar-refractivity contribution in [3.8, 4) is 0 Å². The van der Waals surface area contributed by atoms with E-state index in [2.05, 4.69) is 26.3 Å². The normalized spacial score (nSPS) is 26.3. The van der Waals surface area contributed by atoms with Crippen LogP contribution in [-0.4, -0.2) is 22.3 Å². The van der Waals surface area contributed by atoms with Gasteiger partial charge < -0.3 is 0 Å². The van der Waals surface area contributed by atoms with E-state index in [0.29, 0.717) is 17.2 Å². The Hall–Kier alpha value is -0.420. The molecule has 0 radical (unpaired) electrons. The molecule has 0 spiro atoms. The lowest BCUT2D eigenvalue weighted by Gasteiger charge is -2.10. The first-order chi connectivity index (χ1) is 7.24. The number of nitrogens with zero attached hydrogens (tertiary/aromatic N) is 2. The van der Waals surface area contributed by atoms with Crippen LogP contribution in [0.4, 0.5) is 5.13 Å². The van der Waals surface area contributed by atoms with Gasteiger partial charge in [-0.05, 0) is 12.8 Å². The van der Waals surface area contributed by atoms with Gasteiger partial charge in [0.25, 0.3) is 0 Å². The van der Waals surface area contributed by atoms with Gasteiger partial charge in [0.05, 0.1) is 5.69 Å². The number of carbonyl (C=O) groups is 1. The minimum Gasteiger partial charge on any atom is -0.287 e. The predicted octanol–water partition coefficient (Wildman–Crippen LogP) is 2.52. The molecule has 1 aliphatic heterocycles. The first-order valence-corrected chi connectivity index (χ1v) is 6.93. The van der Waals surface area contributed by atoms with Crippen LogP contribution in [0.3, 0.4) is 0 Å². The fraction of sp³-hybridized carbons (Fsp3) is 0.600. The molecule has 5 heteroatoms. The molecule has 0 bridgehead atoms. The van der Waals surface area contributed by atoms with Crippen LogP contribution in [0.1, 0.15) is 30.9 Å². The van der Waals surface area contributed by atoms with Crippen molar-refractivity contribution in [3.63, 3.8) is 0 Å². The van der Waals surface area contributed by atoms with Crippen molar-refractivity contribution < 1.29 is 4.79 Å². The third-order valence-corrected chi connectivity index (χ3v) is 4.31. The van der Waals surface area contributed by atoms with E-state index >= 15 is 0 Å². The SMILES string of the molecule is O=C1CC(Br)CN1c1nc(C2CC2)cs1. The number of thiazole rings is 1. The van der Waals surface area contributed by atoms with Gasteiger partial charge in [-0.1, -0.05) is 15.9 Å². The zero-order valence-electron chi connectivity index (χ0n) is 8.15. The number of halogens is 1. The fourth-order valence-electron chi connectivity index (χ4n) is 1.82. The van der Waals surface area contributed by atoms with Crippen molar-refractivity contribution in [2.24, 2.45) is 0 Å². The van der Waals surface area contributed by atoms with Gasteiger partial charge >= 0.3 is 0 Å². The molecule has 2 fully saturated rings. The van der Waals surface area contributed by atoms with Crippen LogP contribution in [0.25, 0.3) is 0 Å². The second kappa shape index (κ2) is 3.56. The van der Waals surface area contributed by atoms with Crippen LogP contribution in [-0.2, 0) is 4.79 Å². The highest BCUT2D eigenvalue weighted by atomic mass is 79.9. The highest BCUT2D eigenvalue weighted by molar-refractivity contribution is 9.09. The minimum atomic E-state index is 0.188. The monoisotopic (exact) mass is 286 g/mol. The van der Waals surface area contributed by atoms with Crippen LogP contribution < -0.4 is 4.90 Å². The molecule has 1 unspecified atom stereocenters. The third-order valence-electron chi connectivity index (χ3n) is 2.81. The summed E-state index contributed by atoms with van der Waals surface area (Å²) in [6.45, 7) is 0.760. The van der Waals surface area contributed by atoms with Gasteiger partial charge in [-0.25, -0.2) is 4.98 Å². The third kappa shape index (κ3) is 1.83. The molecule has 1 saturated carbocycles. The van der Waals surface area contributed by atoms with Crippen molar-refractivity contribution in [3.05, 3.63) is 11.1 Å². The average Bonchev–Trinajstić information content (AvgIpc) is 2.83. The molecule has 1 atom stereocenters. The van der Waals surface area contributed by atoms with Gasteiger partial charge in [0.15, 0.2) is 5.13 Å². The van der Waals surface area contributed by atoms with Gasteiger partial charge in [-0.3, -0.25) is 9.69 Å². The molecule has 1 amide bonds. The standard InChI is InChI=1S/C10H11BrN2OS/c11-7-3-9(14)13(4-7)10-12-8(5-15-10)6-1-2-6/h5-7H,1-4H2. The molecule has 1 aromatic rings. The number of alkyl halides is 1. The zero-order chi connectivity index (χ0) is 10.4. The summed E-state index contributed by atoms with van der Waals surface area (Å²) in [5.41, 5.74) is 1.18. The Morgan fingerprint density at radius 3 is 2.93 bits per heavy atom. The Labute approximate surface area is 101 Å². The second-order valence-corrected chi connectivity index (χ2v) is 6.27. The largest absolute Gasteiger partial charge is 0.287 e. The van der Waals surface area contributed by atoms with E-state index in [-0.39, 0.29) is 5.91 Å². The summed E-state index contributed by atoms with van der Waals surface area (Å²) in [5, 5.41) is 2.98. The second-order valence-electron chi connectivity index (χ2n) is 4.13. The molecule has 1 aromatic heterocycles. The van der Waals surface area contributed by atoms with Crippen LogP contribution in [0.5, 0.6) is 0 Å². The van der Waals surface area contributed by atoms with E-state index in [0.717, 1.165) is 11.7 Å². The van der Waals surface area contributed by atoms with E-state index in [1.165, 1.54) is 18.5 Å².